The molecule has 0 saturated carbocycles. The topological polar surface area (TPSA) is 50.1 Å². The molecule has 2 aromatic carbocycles. The number of rotatable bonds is 3. The van der Waals surface area contributed by atoms with E-state index < -0.39 is 0 Å². The van der Waals surface area contributed by atoms with Gasteiger partial charge in [-0.2, -0.15) is 0 Å². The summed E-state index contributed by atoms with van der Waals surface area (Å²) in [7, 11) is 2.02. The largest absolute Gasteiger partial charge is 0.507 e. The molecule has 3 rings (SSSR count). The molecule has 0 unspecified atom stereocenters. The van der Waals surface area contributed by atoms with E-state index in [1.54, 1.807) is 0 Å². The first-order valence-corrected chi connectivity index (χ1v) is 7.01. The number of imidazole rings is 1. The quantitative estimate of drug-likeness (QED) is 0.772. The van der Waals surface area contributed by atoms with Crippen LogP contribution >= 0.6 is 0 Å². The van der Waals surface area contributed by atoms with Crippen LogP contribution in [0.5, 0.6) is 5.75 Å². The van der Waals surface area contributed by atoms with Crippen molar-refractivity contribution in [1.29, 1.82) is 0 Å². The monoisotopic (exact) mass is 281 g/mol. The Kier molecular flexibility index (Phi) is 3.29. The standard InChI is InChI=1S/C17H19N3O/c1-11-8-9-13(12(2)17(11)21)18-10-16-19-14-6-4-5-7-15(14)20(16)3/h4-9,18,21H,10H2,1-3H3. The molecule has 4 nitrogen and oxygen atoms in total. The van der Waals surface area contributed by atoms with Gasteiger partial charge in [-0.3, -0.25) is 0 Å². The molecule has 4 heteroatoms. The van der Waals surface area contributed by atoms with Crippen LogP contribution in [0.4, 0.5) is 5.69 Å². The van der Waals surface area contributed by atoms with Crippen LogP contribution < -0.4 is 5.32 Å². The maximum Gasteiger partial charge on any atom is 0.128 e. The number of phenols is 1. The van der Waals surface area contributed by atoms with Crippen LogP contribution in [-0.2, 0) is 13.6 Å². The van der Waals surface area contributed by atoms with Crippen LogP contribution in [0.1, 0.15) is 17.0 Å². The van der Waals surface area contributed by atoms with E-state index in [0.29, 0.717) is 12.3 Å². The zero-order valence-electron chi connectivity index (χ0n) is 12.5. The Morgan fingerprint density at radius 3 is 2.67 bits per heavy atom. The summed E-state index contributed by atoms with van der Waals surface area (Å²) in [4.78, 5) is 4.63. The summed E-state index contributed by atoms with van der Waals surface area (Å²) in [6.45, 7) is 4.44. The first-order chi connectivity index (χ1) is 10.1. The molecular weight excluding hydrogens is 262 g/mol. The number of benzene rings is 2. The average molecular weight is 281 g/mol. The normalized spacial score (nSPS) is 11.0. The number of anilines is 1. The van der Waals surface area contributed by atoms with Crippen molar-refractivity contribution in [3.05, 3.63) is 53.3 Å². The van der Waals surface area contributed by atoms with Crippen LogP contribution in [0.3, 0.4) is 0 Å². The number of aromatic nitrogens is 2. The van der Waals surface area contributed by atoms with Crippen molar-refractivity contribution >= 4 is 16.7 Å². The number of aromatic hydroxyl groups is 1. The third kappa shape index (κ3) is 2.33. The lowest BCUT2D eigenvalue weighted by atomic mass is 10.1. The molecule has 108 valence electrons. The van der Waals surface area contributed by atoms with Gasteiger partial charge in [0.1, 0.15) is 11.6 Å². The SMILES string of the molecule is Cc1ccc(NCc2nc3ccccc3n2C)c(C)c1O. The molecule has 0 spiro atoms. The summed E-state index contributed by atoms with van der Waals surface area (Å²) in [5, 5.41) is 13.3. The molecule has 0 bridgehead atoms. The number of nitrogens with zero attached hydrogens (tertiary/aromatic N) is 2. The summed E-state index contributed by atoms with van der Waals surface area (Å²) in [6.07, 6.45) is 0. The Morgan fingerprint density at radius 1 is 1.14 bits per heavy atom. The fourth-order valence-corrected chi connectivity index (χ4v) is 2.55. The fraction of sp³-hybridized carbons (Fsp3) is 0.235. The van der Waals surface area contributed by atoms with E-state index in [4.69, 9.17) is 0 Å². The van der Waals surface area contributed by atoms with Gasteiger partial charge in [0.25, 0.3) is 0 Å². The first-order valence-electron chi connectivity index (χ1n) is 7.01. The van der Waals surface area contributed by atoms with Gasteiger partial charge in [-0.05, 0) is 37.6 Å². The second-order valence-electron chi connectivity index (χ2n) is 5.33. The molecule has 0 radical (unpaired) electrons. The maximum absolute atomic E-state index is 9.99. The van der Waals surface area contributed by atoms with E-state index in [2.05, 4.69) is 20.9 Å². The van der Waals surface area contributed by atoms with Crippen molar-refractivity contribution in [2.45, 2.75) is 20.4 Å². The van der Waals surface area contributed by atoms with Crippen molar-refractivity contribution in [3.8, 4) is 5.75 Å². The predicted molar refractivity (Wildman–Crippen MR) is 85.6 cm³/mol. The van der Waals surface area contributed by atoms with Gasteiger partial charge in [-0.25, -0.2) is 4.98 Å². The van der Waals surface area contributed by atoms with E-state index >= 15 is 0 Å². The van der Waals surface area contributed by atoms with Crippen molar-refractivity contribution < 1.29 is 5.11 Å². The first kappa shape index (κ1) is 13.5. The molecule has 3 aromatic rings. The summed E-state index contributed by atoms with van der Waals surface area (Å²) in [5.41, 5.74) is 4.82. The van der Waals surface area contributed by atoms with Crippen LogP contribution in [0, 0.1) is 13.8 Å². The smallest absolute Gasteiger partial charge is 0.128 e. The van der Waals surface area contributed by atoms with Gasteiger partial charge < -0.3 is 15.0 Å². The summed E-state index contributed by atoms with van der Waals surface area (Å²) in [5.74, 6) is 1.32. The number of hydrogen-bond donors (Lipinski definition) is 2. The van der Waals surface area contributed by atoms with Gasteiger partial charge in [0, 0.05) is 18.3 Å². The Labute approximate surface area is 124 Å². The van der Waals surface area contributed by atoms with E-state index in [-0.39, 0.29) is 0 Å². The minimum atomic E-state index is 0.352. The summed E-state index contributed by atoms with van der Waals surface area (Å²) in [6, 6.07) is 12.0. The van der Waals surface area contributed by atoms with Crippen molar-refractivity contribution in [2.75, 3.05) is 5.32 Å². The van der Waals surface area contributed by atoms with Crippen LogP contribution in [0.2, 0.25) is 0 Å². The van der Waals surface area contributed by atoms with E-state index in [0.717, 1.165) is 33.7 Å². The molecule has 1 heterocycles. The molecule has 0 aliphatic carbocycles. The second kappa shape index (κ2) is 5.13. The molecule has 2 N–H and O–H groups in total. The third-order valence-electron chi connectivity index (χ3n) is 3.95. The zero-order chi connectivity index (χ0) is 15.0. The van der Waals surface area contributed by atoms with Gasteiger partial charge in [0.15, 0.2) is 0 Å². The van der Waals surface area contributed by atoms with Crippen molar-refractivity contribution in [2.24, 2.45) is 7.05 Å². The number of nitrogens with one attached hydrogen (secondary N) is 1. The Hall–Kier alpha value is -2.49. The highest BCUT2D eigenvalue weighted by atomic mass is 16.3. The molecule has 1 aromatic heterocycles. The highest BCUT2D eigenvalue weighted by molar-refractivity contribution is 5.75. The molecule has 0 saturated heterocycles. The third-order valence-corrected chi connectivity index (χ3v) is 3.95. The Balaban J connectivity index is 1.87. The van der Waals surface area contributed by atoms with Crippen LogP contribution in [0.25, 0.3) is 11.0 Å². The fourth-order valence-electron chi connectivity index (χ4n) is 2.55. The lowest BCUT2D eigenvalue weighted by Crippen LogP contribution is -2.07. The molecule has 0 atom stereocenters. The van der Waals surface area contributed by atoms with Crippen molar-refractivity contribution in [1.82, 2.24) is 9.55 Å². The Bertz CT molecular complexity index is 805. The van der Waals surface area contributed by atoms with Gasteiger partial charge in [0.2, 0.25) is 0 Å². The molecule has 0 fully saturated rings. The number of aryl methyl sites for hydroxylation is 2. The van der Waals surface area contributed by atoms with Gasteiger partial charge in [-0.15, -0.1) is 0 Å². The highest BCUT2D eigenvalue weighted by Gasteiger charge is 2.09. The number of hydrogen-bond acceptors (Lipinski definition) is 3. The Morgan fingerprint density at radius 2 is 1.90 bits per heavy atom. The lowest BCUT2D eigenvalue weighted by Gasteiger charge is -2.12. The lowest BCUT2D eigenvalue weighted by molar-refractivity contribution is 0.467. The molecule has 0 aliphatic heterocycles. The number of phenolic OH excluding ortho intramolecular Hbond substituents is 1. The molecule has 0 aliphatic rings. The van der Waals surface area contributed by atoms with Gasteiger partial charge in [-0.1, -0.05) is 18.2 Å². The minimum absolute atomic E-state index is 0.352. The van der Waals surface area contributed by atoms with Gasteiger partial charge >= 0.3 is 0 Å². The van der Waals surface area contributed by atoms with Gasteiger partial charge in [0.05, 0.1) is 17.6 Å². The highest BCUT2D eigenvalue weighted by Crippen LogP contribution is 2.28. The van der Waals surface area contributed by atoms with Crippen molar-refractivity contribution in [3.63, 3.8) is 0 Å². The number of para-hydroxylation sites is 2. The average Bonchev–Trinajstić information content (AvgIpc) is 2.81. The predicted octanol–water partition coefficient (Wildman–Crippen LogP) is 3.51. The van der Waals surface area contributed by atoms with E-state index in [9.17, 15) is 5.11 Å². The van der Waals surface area contributed by atoms with E-state index in [1.807, 2.05) is 51.2 Å². The zero-order valence-corrected chi connectivity index (χ0v) is 12.5. The van der Waals surface area contributed by atoms with Crippen LogP contribution in [0.15, 0.2) is 36.4 Å². The molecule has 0 amide bonds. The van der Waals surface area contributed by atoms with E-state index in [1.165, 1.54) is 0 Å². The van der Waals surface area contributed by atoms with Crippen LogP contribution in [-0.4, -0.2) is 14.7 Å². The summed E-state index contributed by atoms with van der Waals surface area (Å²) >= 11 is 0. The molecular formula is C17H19N3O. The number of fused-ring (bicyclic) bond motifs is 1. The minimum Gasteiger partial charge on any atom is -0.507 e. The second-order valence-corrected chi connectivity index (χ2v) is 5.33. The summed E-state index contributed by atoms with van der Waals surface area (Å²) < 4.78 is 2.09. The molecule has 21 heavy (non-hydrogen) atoms. The maximum atomic E-state index is 9.99.